The van der Waals surface area contributed by atoms with E-state index in [0.29, 0.717) is 12.1 Å². The van der Waals surface area contributed by atoms with E-state index in [-0.39, 0.29) is 0 Å². The average molecular weight is 362 g/mol. The lowest BCUT2D eigenvalue weighted by molar-refractivity contribution is 0.162. The van der Waals surface area contributed by atoms with E-state index in [4.69, 9.17) is 4.74 Å². The van der Waals surface area contributed by atoms with Gasteiger partial charge in [0.05, 0.1) is 6.61 Å². The van der Waals surface area contributed by atoms with Crippen molar-refractivity contribution in [3.63, 3.8) is 0 Å². The quantitative estimate of drug-likeness (QED) is 0.514. The molecule has 1 aliphatic rings. The van der Waals surface area contributed by atoms with E-state index in [1.165, 1.54) is 5.56 Å². The minimum Gasteiger partial charge on any atom is -0.383 e. The molecule has 6 heteroatoms. The number of nitrogens with one attached hydrogen (secondary N) is 2. The Morgan fingerprint density at radius 1 is 1.31 bits per heavy atom. The van der Waals surface area contributed by atoms with Crippen molar-refractivity contribution in [1.29, 1.82) is 0 Å². The maximum absolute atomic E-state index is 5.11. The Morgan fingerprint density at radius 3 is 2.77 bits per heavy atom. The van der Waals surface area contributed by atoms with Gasteiger partial charge in [0.2, 0.25) is 0 Å². The molecule has 1 fully saturated rings. The molecule has 26 heavy (non-hydrogen) atoms. The van der Waals surface area contributed by atoms with Crippen LogP contribution >= 0.6 is 0 Å². The largest absolute Gasteiger partial charge is 0.383 e. The van der Waals surface area contributed by atoms with Crippen molar-refractivity contribution < 1.29 is 4.74 Å². The molecular weight excluding hydrogens is 326 g/mol. The van der Waals surface area contributed by atoms with E-state index in [0.717, 1.165) is 51.7 Å². The van der Waals surface area contributed by atoms with Gasteiger partial charge in [-0.15, -0.1) is 0 Å². The van der Waals surface area contributed by atoms with Crippen LogP contribution in [0, 0.1) is 0 Å². The van der Waals surface area contributed by atoms with Crippen molar-refractivity contribution in [3.05, 3.63) is 35.9 Å². The molecule has 2 atom stereocenters. The summed E-state index contributed by atoms with van der Waals surface area (Å²) in [6, 6.07) is 11.7. The summed E-state index contributed by atoms with van der Waals surface area (Å²) in [5.41, 5.74) is 1.38. The van der Waals surface area contributed by atoms with Gasteiger partial charge < -0.3 is 20.3 Å². The summed E-state index contributed by atoms with van der Waals surface area (Å²) in [6.07, 6.45) is 1.14. The van der Waals surface area contributed by atoms with Gasteiger partial charge in [0.15, 0.2) is 5.96 Å². The fraction of sp³-hybridized carbons (Fsp3) is 0.650. The predicted molar refractivity (Wildman–Crippen MR) is 109 cm³/mol. The topological polar surface area (TPSA) is 52.1 Å². The van der Waals surface area contributed by atoms with Crippen molar-refractivity contribution in [3.8, 4) is 0 Å². The second-order valence-corrected chi connectivity index (χ2v) is 7.14. The summed E-state index contributed by atoms with van der Waals surface area (Å²) in [4.78, 5) is 9.17. The van der Waals surface area contributed by atoms with Gasteiger partial charge in [-0.1, -0.05) is 30.3 Å². The van der Waals surface area contributed by atoms with Crippen molar-refractivity contribution in [2.45, 2.75) is 32.0 Å². The molecule has 6 nitrogen and oxygen atoms in total. The van der Waals surface area contributed by atoms with Crippen LogP contribution in [0.3, 0.4) is 0 Å². The van der Waals surface area contributed by atoms with Crippen molar-refractivity contribution in [2.75, 3.05) is 54.0 Å². The number of aliphatic imine (C=N–C) groups is 1. The number of likely N-dealkylation sites (N-methyl/N-ethyl adjacent to an activating group) is 1. The van der Waals surface area contributed by atoms with Crippen LogP contribution in [-0.2, 0) is 11.3 Å². The molecule has 0 aromatic heterocycles. The first-order valence-electron chi connectivity index (χ1n) is 9.55. The highest BCUT2D eigenvalue weighted by Gasteiger charge is 2.29. The molecule has 1 heterocycles. The van der Waals surface area contributed by atoms with Crippen LogP contribution in [0.1, 0.15) is 18.9 Å². The van der Waals surface area contributed by atoms with Gasteiger partial charge in [-0.05, 0) is 26.0 Å². The lowest BCUT2D eigenvalue weighted by Gasteiger charge is -2.21. The molecule has 0 amide bonds. The lowest BCUT2D eigenvalue weighted by Crippen LogP contribution is -2.46. The van der Waals surface area contributed by atoms with Crippen molar-refractivity contribution >= 4 is 5.96 Å². The first kappa shape index (κ1) is 20.7. The third-order valence-electron chi connectivity index (χ3n) is 4.96. The van der Waals surface area contributed by atoms with Crippen LogP contribution in [0.5, 0.6) is 0 Å². The molecule has 0 spiro atoms. The highest BCUT2D eigenvalue weighted by molar-refractivity contribution is 5.80. The summed E-state index contributed by atoms with van der Waals surface area (Å²) in [5.74, 6) is 0.893. The Labute approximate surface area is 158 Å². The monoisotopic (exact) mass is 361 g/mol. The lowest BCUT2D eigenvalue weighted by atomic mass is 10.2. The number of rotatable bonds is 9. The summed E-state index contributed by atoms with van der Waals surface area (Å²) >= 11 is 0. The molecule has 0 radical (unpaired) electrons. The zero-order valence-corrected chi connectivity index (χ0v) is 16.7. The standard InChI is InChI=1S/C20H35N5O/c1-17-14-19(16-25(17)15-18-8-6-5-7-9-18)23-20(21-2)22-10-11-24(3)12-13-26-4/h5-9,17,19H,10-16H2,1-4H3,(H2,21,22,23). The zero-order valence-electron chi connectivity index (χ0n) is 16.7. The van der Waals surface area contributed by atoms with E-state index in [2.05, 4.69) is 69.7 Å². The van der Waals surface area contributed by atoms with Gasteiger partial charge in [-0.3, -0.25) is 9.89 Å². The van der Waals surface area contributed by atoms with E-state index in [9.17, 15) is 0 Å². The first-order valence-corrected chi connectivity index (χ1v) is 9.55. The first-order chi connectivity index (χ1) is 12.6. The number of hydrogen-bond acceptors (Lipinski definition) is 4. The van der Waals surface area contributed by atoms with Crippen molar-refractivity contribution in [2.24, 2.45) is 4.99 Å². The van der Waals surface area contributed by atoms with E-state index in [1.807, 2.05) is 7.05 Å². The summed E-state index contributed by atoms with van der Waals surface area (Å²) in [6.45, 7) is 7.91. The van der Waals surface area contributed by atoms with Gasteiger partial charge in [-0.25, -0.2) is 0 Å². The van der Waals surface area contributed by atoms with Gasteiger partial charge in [0.1, 0.15) is 0 Å². The molecule has 0 saturated carbocycles. The normalized spacial score (nSPS) is 21.3. The van der Waals surface area contributed by atoms with Gasteiger partial charge >= 0.3 is 0 Å². The maximum Gasteiger partial charge on any atom is 0.191 e. The average Bonchev–Trinajstić information content (AvgIpc) is 2.99. The minimum atomic E-state index is 0.436. The molecule has 1 aliphatic heterocycles. The van der Waals surface area contributed by atoms with Gasteiger partial charge in [-0.2, -0.15) is 0 Å². The minimum absolute atomic E-state index is 0.436. The van der Waals surface area contributed by atoms with Crippen molar-refractivity contribution in [1.82, 2.24) is 20.4 Å². The molecule has 0 aliphatic carbocycles. The molecule has 1 aromatic carbocycles. The van der Waals surface area contributed by atoms with Crippen LogP contribution in [-0.4, -0.2) is 81.8 Å². The summed E-state index contributed by atoms with van der Waals surface area (Å²) < 4.78 is 5.11. The molecule has 0 bridgehead atoms. The van der Waals surface area contributed by atoms with Gasteiger partial charge in [0.25, 0.3) is 0 Å². The van der Waals surface area contributed by atoms with Crippen LogP contribution in [0.2, 0.25) is 0 Å². The second kappa shape index (κ2) is 11.2. The molecule has 2 N–H and O–H groups in total. The number of likely N-dealkylation sites (tertiary alicyclic amines) is 1. The maximum atomic E-state index is 5.11. The van der Waals surface area contributed by atoms with E-state index >= 15 is 0 Å². The van der Waals surface area contributed by atoms with Gasteiger partial charge in [0, 0.05) is 59.0 Å². The Morgan fingerprint density at radius 2 is 2.08 bits per heavy atom. The third-order valence-corrected chi connectivity index (χ3v) is 4.96. The van der Waals surface area contributed by atoms with Crippen LogP contribution in [0.25, 0.3) is 0 Å². The second-order valence-electron chi connectivity index (χ2n) is 7.14. The number of benzene rings is 1. The highest BCUT2D eigenvalue weighted by Crippen LogP contribution is 2.20. The number of guanidine groups is 1. The van der Waals surface area contributed by atoms with Crippen LogP contribution in [0.4, 0.5) is 0 Å². The Bertz CT molecular complexity index is 536. The van der Waals surface area contributed by atoms with Crippen LogP contribution in [0.15, 0.2) is 35.3 Å². The molecule has 1 saturated heterocycles. The predicted octanol–water partition coefficient (Wildman–Crippen LogP) is 1.39. The highest BCUT2D eigenvalue weighted by atomic mass is 16.5. The molecule has 1 aromatic rings. The Hall–Kier alpha value is -1.63. The number of nitrogens with zero attached hydrogens (tertiary/aromatic N) is 3. The van der Waals surface area contributed by atoms with E-state index in [1.54, 1.807) is 7.11 Å². The number of ether oxygens (including phenoxy) is 1. The third kappa shape index (κ3) is 6.94. The number of methoxy groups -OCH3 is 1. The SMILES string of the molecule is CN=C(NCCN(C)CCOC)NC1CC(C)N(Cc2ccccc2)C1. The fourth-order valence-electron chi connectivity index (χ4n) is 3.35. The summed E-state index contributed by atoms with van der Waals surface area (Å²) in [5, 5.41) is 7.00. The van der Waals surface area contributed by atoms with E-state index < -0.39 is 0 Å². The Balaban J connectivity index is 1.73. The Kier molecular flexibility index (Phi) is 8.88. The molecule has 2 unspecified atom stereocenters. The smallest absolute Gasteiger partial charge is 0.191 e. The molecule has 146 valence electrons. The number of hydrogen-bond donors (Lipinski definition) is 2. The summed E-state index contributed by atoms with van der Waals surface area (Å²) in [7, 11) is 5.68. The zero-order chi connectivity index (χ0) is 18.8. The fourth-order valence-corrected chi connectivity index (χ4v) is 3.35. The van der Waals surface area contributed by atoms with Crippen LogP contribution < -0.4 is 10.6 Å². The molecular formula is C20H35N5O. The molecule has 2 rings (SSSR count).